The Morgan fingerprint density at radius 2 is 0.982 bits per heavy atom. The number of rotatable bonds is 40. The fraction of sp³-hybridized carbons (Fsp3) is 0.811. The zero-order chi connectivity index (χ0) is 40.8. The van der Waals surface area contributed by atoms with Gasteiger partial charge in [-0.1, -0.05) is 51.4 Å². The minimum absolute atomic E-state index is 0.0373. The Bertz CT molecular complexity index is 1070. The van der Waals surface area contributed by atoms with Gasteiger partial charge in [-0.25, -0.2) is 4.79 Å². The van der Waals surface area contributed by atoms with Gasteiger partial charge in [0.1, 0.15) is 25.5 Å². The van der Waals surface area contributed by atoms with Gasteiger partial charge in [0.05, 0.1) is 45.7 Å². The number of nitrogens with two attached hydrogens (primary N) is 1. The van der Waals surface area contributed by atoms with Crippen LogP contribution in [0, 0.1) is 0 Å². The molecule has 0 bridgehead atoms. The van der Waals surface area contributed by atoms with Crippen molar-refractivity contribution in [3.05, 3.63) is 0 Å². The molecule has 0 spiro atoms. The van der Waals surface area contributed by atoms with Crippen LogP contribution in [0.2, 0.25) is 0 Å². The Hall–Kier alpha value is -3.71. The predicted molar refractivity (Wildman–Crippen MR) is 202 cm³/mol. The van der Waals surface area contributed by atoms with E-state index < -0.39 is 24.0 Å². The van der Waals surface area contributed by atoms with E-state index in [1.807, 2.05) is 0 Å². The van der Waals surface area contributed by atoms with Crippen molar-refractivity contribution in [2.24, 2.45) is 5.73 Å². The summed E-state index contributed by atoms with van der Waals surface area (Å²) in [5, 5.41) is 28.6. The smallest absolute Gasteiger partial charge is 0.326 e. The molecule has 0 aromatic carbocycles. The number of unbranched alkanes of at least 4 members (excludes halogenated alkanes) is 10. The molecular weight excluding hydrogens is 722 g/mol. The van der Waals surface area contributed by atoms with Crippen molar-refractivity contribution >= 4 is 41.9 Å². The number of carboxylic acid groups (broad SMARTS) is 2. The Labute approximate surface area is 325 Å². The van der Waals surface area contributed by atoms with E-state index in [4.69, 9.17) is 29.8 Å². The maximum absolute atomic E-state index is 12.2. The Kier molecular flexibility index (Phi) is 34.7. The monoisotopic (exact) mass is 789 g/mol. The average Bonchev–Trinajstić information content (AvgIpc) is 3.15. The summed E-state index contributed by atoms with van der Waals surface area (Å²) in [4.78, 5) is 80.5. The van der Waals surface area contributed by atoms with Crippen molar-refractivity contribution in [3.63, 3.8) is 0 Å². The summed E-state index contributed by atoms with van der Waals surface area (Å²) in [6, 6.07) is -1.61. The maximum atomic E-state index is 12.2. The number of carbonyl (C=O) groups is 7. The van der Waals surface area contributed by atoms with E-state index in [-0.39, 0.29) is 115 Å². The first-order chi connectivity index (χ1) is 26.5. The first kappa shape index (κ1) is 51.3. The lowest BCUT2D eigenvalue weighted by Crippen LogP contribution is -2.41. The average molecular weight is 790 g/mol. The number of ether oxygens (including phenoxy) is 4. The highest BCUT2D eigenvalue weighted by molar-refractivity contribution is 5.84. The summed E-state index contributed by atoms with van der Waals surface area (Å²) in [6.07, 6.45) is 12.7. The van der Waals surface area contributed by atoms with Gasteiger partial charge in [0, 0.05) is 38.9 Å². The van der Waals surface area contributed by atoms with E-state index in [9.17, 15) is 38.7 Å². The lowest BCUT2D eigenvalue weighted by atomic mass is 10.0. The molecule has 2 atom stereocenters. The van der Waals surface area contributed by atoms with Crippen LogP contribution in [0.5, 0.6) is 0 Å². The Balaban J connectivity index is 3.66. The standard InChI is InChI=1S/C37H67N5O13/c38-30(27-43)13-11-12-18-39-34(46)28-54-25-24-53-22-20-41-35(47)29-55-26-23-52-21-19-40-32(44)17-16-31(37(50)51)42-33(45)14-9-7-5-3-1-2-4-6-8-10-15-36(48)49/h27,30-31H,1-26,28-29,38H2,(H,39,46)(H,40,44)(H,41,47)(H,42,45)(H,48,49)(H,50,51)/t30-,31-/m0/s1. The van der Waals surface area contributed by atoms with Gasteiger partial charge >= 0.3 is 11.9 Å². The minimum Gasteiger partial charge on any atom is -0.481 e. The van der Waals surface area contributed by atoms with Crippen molar-refractivity contribution in [2.75, 3.05) is 72.5 Å². The molecule has 0 unspecified atom stereocenters. The van der Waals surface area contributed by atoms with E-state index in [1.54, 1.807) is 0 Å². The number of hydrogen-bond donors (Lipinski definition) is 7. The van der Waals surface area contributed by atoms with Gasteiger partial charge in [-0.2, -0.15) is 0 Å². The molecule has 0 radical (unpaired) electrons. The molecule has 0 aliphatic carbocycles. The number of nitrogens with one attached hydrogen (secondary N) is 4. The largest absolute Gasteiger partial charge is 0.481 e. The van der Waals surface area contributed by atoms with Crippen LogP contribution >= 0.6 is 0 Å². The quantitative estimate of drug-likeness (QED) is 0.0340. The first-order valence-corrected chi connectivity index (χ1v) is 19.6. The number of carbonyl (C=O) groups excluding carboxylic acids is 5. The molecule has 0 rings (SSSR count). The van der Waals surface area contributed by atoms with Crippen LogP contribution in [0.25, 0.3) is 0 Å². The van der Waals surface area contributed by atoms with Gasteiger partial charge in [-0.15, -0.1) is 0 Å². The van der Waals surface area contributed by atoms with Crippen molar-refractivity contribution in [1.29, 1.82) is 0 Å². The van der Waals surface area contributed by atoms with E-state index in [1.165, 1.54) is 0 Å². The van der Waals surface area contributed by atoms with Crippen LogP contribution in [0.4, 0.5) is 0 Å². The second-order valence-corrected chi connectivity index (χ2v) is 13.1. The minimum atomic E-state index is -1.20. The molecule has 18 heteroatoms. The molecule has 0 saturated carbocycles. The van der Waals surface area contributed by atoms with Crippen LogP contribution in [0.1, 0.15) is 109 Å². The normalized spacial score (nSPS) is 12.0. The van der Waals surface area contributed by atoms with E-state index in [0.717, 1.165) is 70.6 Å². The van der Waals surface area contributed by atoms with Gasteiger partial charge in [-0.3, -0.25) is 24.0 Å². The van der Waals surface area contributed by atoms with Crippen LogP contribution < -0.4 is 27.0 Å². The van der Waals surface area contributed by atoms with Crippen molar-refractivity contribution in [2.45, 2.75) is 121 Å². The van der Waals surface area contributed by atoms with Gasteiger partial charge in [0.15, 0.2) is 0 Å². The summed E-state index contributed by atoms with van der Waals surface area (Å²) in [5.41, 5.74) is 5.50. The third-order valence-corrected chi connectivity index (χ3v) is 8.15. The summed E-state index contributed by atoms with van der Waals surface area (Å²) in [6.45, 7) is 2.00. The summed E-state index contributed by atoms with van der Waals surface area (Å²) in [5.74, 6) is -3.22. The van der Waals surface area contributed by atoms with Gasteiger partial charge in [0.25, 0.3) is 0 Å². The number of hydrogen-bond acceptors (Lipinski definition) is 12. The van der Waals surface area contributed by atoms with Gasteiger partial charge < -0.3 is 61.0 Å². The molecule has 4 amide bonds. The number of amides is 4. The number of carboxylic acids is 2. The second kappa shape index (κ2) is 37.2. The van der Waals surface area contributed by atoms with E-state index >= 15 is 0 Å². The molecule has 55 heavy (non-hydrogen) atoms. The van der Waals surface area contributed by atoms with E-state index in [0.29, 0.717) is 25.7 Å². The molecule has 0 aliphatic heterocycles. The molecule has 8 N–H and O–H groups in total. The molecule has 0 aliphatic rings. The van der Waals surface area contributed by atoms with Gasteiger partial charge in [-0.05, 0) is 38.5 Å². The fourth-order valence-corrected chi connectivity index (χ4v) is 5.06. The first-order valence-electron chi connectivity index (χ1n) is 19.6. The molecule has 318 valence electrons. The molecule has 0 fully saturated rings. The third-order valence-electron chi connectivity index (χ3n) is 8.15. The number of aldehydes is 1. The topological polar surface area (TPSA) is 271 Å². The van der Waals surface area contributed by atoms with Crippen LogP contribution in [0.15, 0.2) is 0 Å². The molecule has 0 aromatic heterocycles. The van der Waals surface area contributed by atoms with Crippen LogP contribution in [0.3, 0.4) is 0 Å². The van der Waals surface area contributed by atoms with Crippen molar-refractivity contribution in [1.82, 2.24) is 21.3 Å². The molecule has 0 heterocycles. The third kappa shape index (κ3) is 37.0. The van der Waals surface area contributed by atoms with Crippen molar-refractivity contribution < 1.29 is 62.7 Å². The fourth-order valence-electron chi connectivity index (χ4n) is 5.06. The highest BCUT2D eigenvalue weighted by Crippen LogP contribution is 2.12. The van der Waals surface area contributed by atoms with Gasteiger partial charge in [0.2, 0.25) is 23.6 Å². The zero-order valence-electron chi connectivity index (χ0n) is 32.5. The number of aliphatic carboxylic acids is 2. The SMILES string of the molecule is N[C@H](C=O)CCCCNC(=O)COCCOCCNC(=O)COCCOCCNC(=O)CC[C@H](NC(=O)CCCCCCCCCCCCC(=O)O)C(=O)O. The summed E-state index contributed by atoms with van der Waals surface area (Å²) in [7, 11) is 0. The molecule has 0 aromatic rings. The molecule has 0 saturated heterocycles. The predicted octanol–water partition coefficient (Wildman–Crippen LogP) is 1.21. The molecule has 18 nitrogen and oxygen atoms in total. The van der Waals surface area contributed by atoms with Crippen LogP contribution in [-0.4, -0.2) is 137 Å². The lowest BCUT2D eigenvalue weighted by molar-refractivity contribution is -0.142. The molecular formula is C37H67N5O13. The summed E-state index contributed by atoms with van der Waals surface area (Å²) >= 11 is 0. The zero-order valence-corrected chi connectivity index (χ0v) is 32.5. The van der Waals surface area contributed by atoms with Crippen molar-refractivity contribution in [3.8, 4) is 0 Å². The lowest BCUT2D eigenvalue weighted by Gasteiger charge is -2.14. The highest BCUT2D eigenvalue weighted by Gasteiger charge is 2.20. The van der Waals surface area contributed by atoms with E-state index in [2.05, 4.69) is 21.3 Å². The maximum Gasteiger partial charge on any atom is 0.326 e. The van der Waals surface area contributed by atoms with Crippen LogP contribution in [-0.2, 0) is 52.5 Å². The Morgan fingerprint density at radius 3 is 1.49 bits per heavy atom. The second-order valence-electron chi connectivity index (χ2n) is 13.1. The highest BCUT2D eigenvalue weighted by atomic mass is 16.5. The Morgan fingerprint density at radius 1 is 0.509 bits per heavy atom. The summed E-state index contributed by atoms with van der Waals surface area (Å²) < 4.78 is 21.2.